The molecule has 0 spiro atoms. The second-order valence-corrected chi connectivity index (χ2v) is 6.37. The van der Waals surface area contributed by atoms with E-state index >= 15 is 0 Å². The van der Waals surface area contributed by atoms with E-state index in [1.165, 1.54) is 12.1 Å². The molecule has 24 heavy (non-hydrogen) atoms. The van der Waals surface area contributed by atoms with E-state index in [0.717, 1.165) is 60.5 Å². The van der Waals surface area contributed by atoms with Gasteiger partial charge in [-0.15, -0.1) is 5.10 Å². The number of hydrogen-bond acceptors (Lipinski definition) is 2. The number of hydrogen-bond donors (Lipinski definition) is 1. The van der Waals surface area contributed by atoms with E-state index in [1.807, 2.05) is 6.07 Å². The van der Waals surface area contributed by atoms with Crippen molar-refractivity contribution in [1.82, 2.24) is 15.2 Å². The zero-order valence-electron chi connectivity index (χ0n) is 13.3. The number of halogens is 2. The van der Waals surface area contributed by atoms with Crippen LogP contribution in [-0.2, 0) is 6.42 Å². The molecule has 1 saturated carbocycles. The second kappa shape index (κ2) is 5.96. The summed E-state index contributed by atoms with van der Waals surface area (Å²) in [5.41, 5.74) is 3.74. The predicted molar refractivity (Wildman–Crippen MR) is 89.5 cm³/mol. The third-order valence-electron chi connectivity index (χ3n) is 4.51. The summed E-state index contributed by atoms with van der Waals surface area (Å²) >= 11 is 0. The minimum atomic E-state index is -0.569. The molecule has 0 aliphatic heterocycles. The van der Waals surface area contributed by atoms with Gasteiger partial charge in [0.2, 0.25) is 0 Å². The molecule has 3 nitrogen and oxygen atoms in total. The molecule has 1 radical (unpaired) electrons. The zero-order chi connectivity index (χ0) is 16.7. The van der Waals surface area contributed by atoms with E-state index in [0.29, 0.717) is 17.1 Å². The Morgan fingerprint density at radius 1 is 1.17 bits per heavy atom. The van der Waals surface area contributed by atoms with Crippen molar-refractivity contribution in [1.29, 1.82) is 0 Å². The molecule has 1 aromatic carbocycles. The molecule has 1 fully saturated rings. The molecule has 2 aromatic heterocycles. The Morgan fingerprint density at radius 3 is 2.71 bits per heavy atom. The fourth-order valence-corrected chi connectivity index (χ4v) is 3.14. The first kappa shape index (κ1) is 15.2. The Balaban J connectivity index is 1.91. The predicted octanol–water partition coefficient (Wildman–Crippen LogP) is 4.94. The maximum Gasteiger partial charge on any atom is 0.160 e. The number of benzene rings is 1. The van der Waals surface area contributed by atoms with Gasteiger partial charge < -0.3 is 4.98 Å². The number of nitrogens with zero attached hydrogens (tertiary/aromatic N) is 2. The smallest absolute Gasteiger partial charge is 0.160 e. The molecule has 1 aliphatic carbocycles. The molecule has 0 saturated heterocycles. The highest BCUT2D eigenvalue weighted by atomic mass is 19.1. The van der Waals surface area contributed by atoms with Crippen molar-refractivity contribution in [2.45, 2.75) is 38.0 Å². The Hall–Kier alpha value is -2.30. The van der Waals surface area contributed by atoms with Crippen molar-refractivity contribution in [2.75, 3.05) is 0 Å². The van der Waals surface area contributed by atoms with E-state index < -0.39 is 11.6 Å². The molecule has 1 aliphatic rings. The van der Waals surface area contributed by atoms with Crippen molar-refractivity contribution in [3.05, 3.63) is 54.2 Å². The SMILES string of the molecule is [CH2]CCCc1cc2c(-c3ccc(F)cc3F)c(C3CC3)[nH]c2nn1. The lowest BCUT2D eigenvalue weighted by atomic mass is 9.99. The fourth-order valence-electron chi connectivity index (χ4n) is 3.14. The highest BCUT2D eigenvalue weighted by Crippen LogP contribution is 2.46. The first-order valence-electron chi connectivity index (χ1n) is 8.30. The van der Waals surface area contributed by atoms with Gasteiger partial charge in [-0.25, -0.2) is 8.78 Å². The summed E-state index contributed by atoms with van der Waals surface area (Å²) in [6.45, 7) is 3.84. The highest BCUT2D eigenvalue weighted by molar-refractivity contribution is 5.96. The zero-order valence-corrected chi connectivity index (χ0v) is 13.3. The van der Waals surface area contributed by atoms with Crippen LogP contribution in [0.25, 0.3) is 22.2 Å². The second-order valence-electron chi connectivity index (χ2n) is 6.37. The lowest BCUT2D eigenvalue weighted by Gasteiger charge is -2.06. The molecule has 123 valence electrons. The minimum Gasteiger partial charge on any atom is -0.341 e. The van der Waals surface area contributed by atoms with Gasteiger partial charge in [-0.05, 0) is 49.8 Å². The van der Waals surface area contributed by atoms with E-state index in [1.54, 1.807) is 0 Å². The van der Waals surface area contributed by atoms with Gasteiger partial charge in [0.15, 0.2) is 5.65 Å². The van der Waals surface area contributed by atoms with Gasteiger partial charge in [-0.2, -0.15) is 5.10 Å². The van der Waals surface area contributed by atoms with Crippen LogP contribution in [-0.4, -0.2) is 15.2 Å². The fraction of sp³-hybridized carbons (Fsp3) is 0.316. The molecular formula is C19H18F2N3. The van der Waals surface area contributed by atoms with Crippen LogP contribution >= 0.6 is 0 Å². The van der Waals surface area contributed by atoms with E-state index in [4.69, 9.17) is 0 Å². The van der Waals surface area contributed by atoms with E-state index in [9.17, 15) is 8.78 Å². The molecule has 3 aromatic rings. The third-order valence-corrected chi connectivity index (χ3v) is 4.51. The Morgan fingerprint density at radius 2 is 2.00 bits per heavy atom. The van der Waals surface area contributed by atoms with Gasteiger partial charge in [-0.1, -0.05) is 13.3 Å². The molecule has 2 heterocycles. The van der Waals surface area contributed by atoms with Gasteiger partial charge in [0.05, 0.1) is 5.69 Å². The van der Waals surface area contributed by atoms with Crippen LogP contribution in [0, 0.1) is 18.6 Å². The van der Waals surface area contributed by atoms with E-state index in [-0.39, 0.29) is 0 Å². The molecule has 1 N–H and O–H groups in total. The molecule has 0 amide bonds. The topological polar surface area (TPSA) is 41.6 Å². The normalized spacial score (nSPS) is 14.5. The summed E-state index contributed by atoms with van der Waals surface area (Å²) in [5, 5.41) is 9.38. The number of unbranched alkanes of at least 4 members (excludes halogenated alkanes) is 1. The van der Waals surface area contributed by atoms with Gasteiger partial charge in [0, 0.05) is 28.3 Å². The average Bonchev–Trinajstić information content (AvgIpc) is 3.35. The van der Waals surface area contributed by atoms with Crippen LogP contribution in [0.5, 0.6) is 0 Å². The molecule has 4 rings (SSSR count). The summed E-state index contributed by atoms with van der Waals surface area (Å²) in [5.74, 6) is -0.726. The van der Waals surface area contributed by atoms with Crippen molar-refractivity contribution in [2.24, 2.45) is 0 Å². The van der Waals surface area contributed by atoms with Crippen molar-refractivity contribution in [3.8, 4) is 11.1 Å². The van der Waals surface area contributed by atoms with Crippen LogP contribution in [0.4, 0.5) is 8.78 Å². The molecular weight excluding hydrogens is 308 g/mol. The number of nitrogens with one attached hydrogen (secondary N) is 1. The number of rotatable bonds is 5. The van der Waals surface area contributed by atoms with E-state index in [2.05, 4.69) is 22.1 Å². The number of H-pyrrole nitrogens is 1. The highest BCUT2D eigenvalue weighted by Gasteiger charge is 2.31. The Kier molecular flexibility index (Phi) is 3.79. The van der Waals surface area contributed by atoms with Crippen molar-refractivity contribution in [3.63, 3.8) is 0 Å². The quantitative estimate of drug-likeness (QED) is 0.722. The minimum absolute atomic E-state index is 0.391. The van der Waals surface area contributed by atoms with Crippen molar-refractivity contribution < 1.29 is 8.78 Å². The summed E-state index contributed by atoms with van der Waals surface area (Å²) in [6.07, 6.45) is 4.70. The summed E-state index contributed by atoms with van der Waals surface area (Å²) < 4.78 is 27.7. The summed E-state index contributed by atoms with van der Waals surface area (Å²) in [4.78, 5) is 3.30. The Labute approximate surface area is 139 Å². The Bertz CT molecular complexity index is 897. The van der Waals surface area contributed by atoms with Gasteiger partial charge in [0.1, 0.15) is 11.6 Å². The van der Waals surface area contributed by atoms with Crippen LogP contribution in [0.2, 0.25) is 0 Å². The lowest BCUT2D eigenvalue weighted by Crippen LogP contribution is -1.94. The maximum atomic E-state index is 14.4. The molecule has 0 bridgehead atoms. The molecule has 5 heteroatoms. The largest absolute Gasteiger partial charge is 0.341 e. The van der Waals surface area contributed by atoms with Crippen LogP contribution in [0.1, 0.15) is 43.0 Å². The maximum absolute atomic E-state index is 14.4. The van der Waals surface area contributed by atoms with Gasteiger partial charge in [0.25, 0.3) is 0 Å². The first-order chi connectivity index (χ1) is 11.7. The lowest BCUT2D eigenvalue weighted by molar-refractivity contribution is 0.585. The monoisotopic (exact) mass is 326 g/mol. The van der Waals surface area contributed by atoms with Gasteiger partial charge in [-0.3, -0.25) is 0 Å². The van der Waals surface area contributed by atoms with Crippen LogP contribution < -0.4 is 0 Å². The van der Waals surface area contributed by atoms with Crippen LogP contribution in [0.3, 0.4) is 0 Å². The third kappa shape index (κ3) is 2.68. The number of aryl methyl sites for hydroxylation is 1. The van der Waals surface area contributed by atoms with Crippen molar-refractivity contribution >= 4 is 11.0 Å². The average molecular weight is 326 g/mol. The van der Waals surface area contributed by atoms with Crippen LogP contribution in [0.15, 0.2) is 24.3 Å². The van der Waals surface area contributed by atoms with Gasteiger partial charge >= 0.3 is 0 Å². The number of aromatic amines is 1. The first-order valence-corrected chi connectivity index (χ1v) is 8.30. The number of fused-ring (bicyclic) bond motifs is 1. The molecule has 0 unspecified atom stereocenters. The summed E-state index contributed by atoms with van der Waals surface area (Å²) in [7, 11) is 0. The summed E-state index contributed by atoms with van der Waals surface area (Å²) in [6, 6.07) is 5.71. The number of aromatic nitrogens is 3. The standard InChI is InChI=1S/C19H18F2N3/c1-2-3-4-13-10-15-17(14-8-7-12(20)9-16(14)21)18(11-5-6-11)22-19(15)24-23-13/h7-11H,1-6H2,(H,22,24). The molecule has 0 atom stereocenters.